The van der Waals surface area contributed by atoms with Crippen molar-refractivity contribution < 1.29 is 21.6 Å². The van der Waals surface area contributed by atoms with Crippen LogP contribution in [0.1, 0.15) is 5.56 Å². The van der Waals surface area contributed by atoms with E-state index in [2.05, 4.69) is 0 Å². The van der Waals surface area contributed by atoms with E-state index in [-0.39, 0.29) is 4.90 Å². The summed E-state index contributed by atoms with van der Waals surface area (Å²) in [6.07, 6.45) is -4.59. The first-order valence-corrected chi connectivity index (χ1v) is 7.24. The van der Waals surface area contributed by atoms with Crippen molar-refractivity contribution in [2.45, 2.75) is 18.0 Å². The van der Waals surface area contributed by atoms with Gasteiger partial charge in [-0.25, -0.2) is 13.1 Å². The van der Waals surface area contributed by atoms with Gasteiger partial charge in [0.25, 0.3) is 0 Å². The molecule has 2 aromatic rings. The highest BCUT2D eigenvalue weighted by molar-refractivity contribution is 7.89. The third-order valence-corrected chi connectivity index (χ3v) is 4.31. The lowest BCUT2D eigenvalue weighted by Crippen LogP contribution is -2.33. The summed E-state index contributed by atoms with van der Waals surface area (Å²) in [6, 6.07) is 9.58. The average molecular weight is 303 g/mol. The van der Waals surface area contributed by atoms with E-state index in [0.717, 1.165) is 5.56 Å². The summed E-state index contributed by atoms with van der Waals surface area (Å²) >= 11 is 0. The van der Waals surface area contributed by atoms with Crippen molar-refractivity contribution in [3.63, 3.8) is 0 Å². The highest BCUT2D eigenvalue weighted by Crippen LogP contribution is 2.26. The highest BCUT2D eigenvalue weighted by Gasteiger charge is 2.30. The van der Waals surface area contributed by atoms with Crippen LogP contribution in [-0.2, 0) is 10.0 Å². The molecule has 2 rings (SSSR count). The van der Waals surface area contributed by atoms with Gasteiger partial charge in [-0.2, -0.15) is 13.2 Å². The zero-order chi connectivity index (χ0) is 15.0. The fraction of sp³-hybridized carbons (Fsp3) is 0.231. The summed E-state index contributed by atoms with van der Waals surface area (Å²) in [7, 11) is -4.21. The number of alkyl halides is 3. The number of aryl methyl sites for hydroxylation is 1. The van der Waals surface area contributed by atoms with Crippen LogP contribution in [0.25, 0.3) is 10.8 Å². The summed E-state index contributed by atoms with van der Waals surface area (Å²) in [6.45, 7) is 0.222. The fourth-order valence-electron chi connectivity index (χ4n) is 1.91. The van der Waals surface area contributed by atoms with Crippen molar-refractivity contribution in [2.24, 2.45) is 0 Å². The van der Waals surface area contributed by atoms with Gasteiger partial charge in [-0.3, -0.25) is 0 Å². The molecule has 0 heterocycles. The molecular formula is C13H12F3NO2S. The maximum Gasteiger partial charge on any atom is 0.402 e. The average Bonchev–Trinajstić information content (AvgIpc) is 2.36. The second-order valence-electron chi connectivity index (χ2n) is 4.37. The second-order valence-corrected chi connectivity index (χ2v) is 6.10. The van der Waals surface area contributed by atoms with Gasteiger partial charge in [-0.15, -0.1) is 0 Å². The molecule has 0 aromatic heterocycles. The molecule has 7 heteroatoms. The van der Waals surface area contributed by atoms with Crippen molar-refractivity contribution in [2.75, 3.05) is 6.54 Å². The quantitative estimate of drug-likeness (QED) is 0.947. The first-order valence-electron chi connectivity index (χ1n) is 5.75. The van der Waals surface area contributed by atoms with Crippen LogP contribution in [0.15, 0.2) is 41.3 Å². The second kappa shape index (κ2) is 5.06. The Bertz CT molecular complexity index is 739. The Labute approximate surface area is 114 Å². The lowest BCUT2D eigenvalue weighted by atomic mass is 10.1. The Morgan fingerprint density at radius 2 is 1.65 bits per heavy atom. The van der Waals surface area contributed by atoms with Crippen LogP contribution in [0.5, 0.6) is 0 Å². The van der Waals surface area contributed by atoms with Crippen LogP contribution < -0.4 is 4.72 Å². The van der Waals surface area contributed by atoms with Gasteiger partial charge in [-0.1, -0.05) is 30.3 Å². The Balaban J connectivity index is 2.50. The number of sulfonamides is 1. The predicted octanol–water partition coefficient (Wildman–Crippen LogP) is 2.99. The van der Waals surface area contributed by atoms with Crippen molar-refractivity contribution in [1.82, 2.24) is 4.72 Å². The zero-order valence-corrected chi connectivity index (χ0v) is 11.3. The van der Waals surface area contributed by atoms with Crippen LogP contribution >= 0.6 is 0 Å². The maximum atomic E-state index is 12.2. The number of hydrogen-bond donors (Lipinski definition) is 1. The number of benzene rings is 2. The van der Waals surface area contributed by atoms with E-state index in [1.165, 1.54) is 6.07 Å². The van der Waals surface area contributed by atoms with Crippen molar-refractivity contribution in [3.8, 4) is 0 Å². The van der Waals surface area contributed by atoms with Crippen LogP contribution in [-0.4, -0.2) is 21.1 Å². The smallest absolute Gasteiger partial charge is 0.207 e. The largest absolute Gasteiger partial charge is 0.402 e. The molecule has 2 aromatic carbocycles. The molecule has 0 aliphatic rings. The molecule has 20 heavy (non-hydrogen) atoms. The third-order valence-electron chi connectivity index (χ3n) is 2.85. The van der Waals surface area contributed by atoms with E-state index in [9.17, 15) is 21.6 Å². The molecule has 0 fully saturated rings. The van der Waals surface area contributed by atoms with E-state index in [1.807, 2.05) is 6.92 Å². The van der Waals surface area contributed by atoms with Gasteiger partial charge in [0.1, 0.15) is 6.54 Å². The zero-order valence-electron chi connectivity index (χ0n) is 10.5. The van der Waals surface area contributed by atoms with Gasteiger partial charge < -0.3 is 0 Å². The highest BCUT2D eigenvalue weighted by atomic mass is 32.2. The van der Waals surface area contributed by atoms with Gasteiger partial charge in [0.05, 0.1) is 4.90 Å². The summed E-state index contributed by atoms with van der Waals surface area (Å²) < 4.78 is 62.0. The molecule has 0 aliphatic carbocycles. The van der Waals surface area contributed by atoms with Crippen molar-refractivity contribution in [1.29, 1.82) is 0 Å². The summed E-state index contributed by atoms with van der Waals surface area (Å²) in [5, 5.41) is 1.10. The predicted molar refractivity (Wildman–Crippen MR) is 69.9 cm³/mol. The molecule has 0 unspecified atom stereocenters. The first-order chi connectivity index (χ1) is 9.21. The third kappa shape index (κ3) is 3.10. The molecule has 0 atom stereocenters. The van der Waals surface area contributed by atoms with E-state index in [4.69, 9.17) is 0 Å². The SMILES string of the molecule is Cc1ccc(S(=O)(=O)NCC(F)(F)F)c2ccccc12. The normalized spacial score (nSPS) is 12.8. The van der Waals surface area contributed by atoms with E-state index < -0.39 is 22.7 Å². The standard InChI is InChI=1S/C13H12F3NO2S/c1-9-6-7-12(11-5-3-2-4-10(9)11)20(18,19)17-8-13(14,15)16/h2-7,17H,8H2,1H3. The minimum Gasteiger partial charge on any atom is -0.207 e. The summed E-state index contributed by atoms with van der Waals surface area (Å²) in [4.78, 5) is -0.150. The molecule has 108 valence electrons. The number of rotatable bonds is 3. The minimum atomic E-state index is -4.59. The Kier molecular flexibility index (Phi) is 3.75. The van der Waals surface area contributed by atoms with Gasteiger partial charge >= 0.3 is 6.18 Å². The summed E-state index contributed by atoms with van der Waals surface area (Å²) in [5.74, 6) is 0. The van der Waals surface area contributed by atoms with Gasteiger partial charge in [0.15, 0.2) is 0 Å². The maximum absolute atomic E-state index is 12.2. The Hall–Kier alpha value is -1.60. The molecule has 0 radical (unpaired) electrons. The van der Waals surface area contributed by atoms with Crippen LogP contribution in [0, 0.1) is 6.92 Å². The van der Waals surface area contributed by atoms with E-state index in [0.29, 0.717) is 10.8 Å². The van der Waals surface area contributed by atoms with Crippen LogP contribution in [0.2, 0.25) is 0 Å². The van der Waals surface area contributed by atoms with E-state index in [1.54, 1.807) is 35.1 Å². The molecule has 1 N–H and O–H groups in total. The fourth-order valence-corrected chi connectivity index (χ4v) is 3.13. The molecule has 0 saturated heterocycles. The van der Waals surface area contributed by atoms with Crippen LogP contribution in [0.3, 0.4) is 0 Å². The monoisotopic (exact) mass is 303 g/mol. The summed E-state index contributed by atoms with van der Waals surface area (Å²) in [5.41, 5.74) is 0.857. The first kappa shape index (κ1) is 14.8. The molecule has 0 amide bonds. The number of halogens is 3. The van der Waals surface area contributed by atoms with Gasteiger partial charge in [0, 0.05) is 5.39 Å². The number of nitrogens with one attached hydrogen (secondary N) is 1. The van der Waals surface area contributed by atoms with Crippen molar-refractivity contribution in [3.05, 3.63) is 42.0 Å². The topological polar surface area (TPSA) is 46.2 Å². The number of hydrogen-bond acceptors (Lipinski definition) is 2. The van der Waals surface area contributed by atoms with Gasteiger partial charge in [0.2, 0.25) is 10.0 Å². The molecule has 0 bridgehead atoms. The molecule has 0 aliphatic heterocycles. The number of fused-ring (bicyclic) bond motifs is 1. The van der Waals surface area contributed by atoms with E-state index >= 15 is 0 Å². The Morgan fingerprint density at radius 3 is 2.25 bits per heavy atom. The lowest BCUT2D eigenvalue weighted by Gasteiger charge is -2.12. The molecular weight excluding hydrogens is 291 g/mol. The molecule has 3 nitrogen and oxygen atoms in total. The molecule has 0 saturated carbocycles. The molecule has 0 spiro atoms. The Morgan fingerprint density at radius 1 is 1.05 bits per heavy atom. The van der Waals surface area contributed by atoms with Crippen LogP contribution in [0.4, 0.5) is 13.2 Å². The van der Waals surface area contributed by atoms with Gasteiger partial charge in [-0.05, 0) is 23.9 Å². The minimum absolute atomic E-state index is 0.150. The lowest BCUT2D eigenvalue weighted by molar-refractivity contribution is -0.121. The van der Waals surface area contributed by atoms with Crippen molar-refractivity contribution >= 4 is 20.8 Å².